The van der Waals surface area contributed by atoms with Gasteiger partial charge in [-0.15, -0.1) is 0 Å². The van der Waals surface area contributed by atoms with Gasteiger partial charge in [0.05, 0.1) is 0 Å². The maximum Gasteiger partial charge on any atom is 0.0175 e. The minimum Gasteiger partial charge on any atom is -0.314 e. The molecule has 1 aromatic carbocycles. The molecule has 1 aliphatic rings. The van der Waals surface area contributed by atoms with E-state index in [1.165, 1.54) is 55.1 Å². The highest BCUT2D eigenvalue weighted by molar-refractivity contribution is 9.10. The summed E-state index contributed by atoms with van der Waals surface area (Å²) < 4.78 is 1.18. The van der Waals surface area contributed by atoms with Crippen molar-refractivity contribution in [2.75, 3.05) is 6.54 Å². The van der Waals surface area contributed by atoms with Gasteiger partial charge < -0.3 is 5.32 Å². The highest BCUT2D eigenvalue weighted by Crippen LogP contribution is 2.37. The third-order valence-corrected chi connectivity index (χ3v) is 5.25. The summed E-state index contributed by atoms with van der Waals surface area (Å²) in [6, 6.07) is 9.60. The zero-order valence-electron chi connectivity index (χ0n) is 12.9. The lowest BCUT2D eigenvalue weighted by atomic mass is 9.75. The average Bonchev–Trinajstić information content (AvgIpc) is 2.42. The molecule has 1 N–H and O–H groups in total. The Morgan fingerprint density at radius 1 is 1.20 bits per heavy atom. The molecule has 20 heavy (non-hydrogen) atoms. The van der Waals surface area contributed by atoms with E-state index in [1.807, 2.05) is 0 Å². The zero-order valence-corrected chi connectivity index (χ0v) is 14.5. The molecule has 0 bridgehead atoms. The molecular formula is C18H28BrN. The van der Waals surface area contributed by atoms with Crippen LogP contribution in [0.3, 0.4) is 0 Å². The van der Waals surface area contributed by atoms with Crippen LogP contribution in [0, 0.1) is 5.92 Å². The van der Waals surface area contributed by atoms with Gasteiger partial charge in [-0.3, -0.25) is 0 Å². The third kappa shape index (κ3) is 4.60. The van der Waals surface area contributed by atoms with Gasteiger partial charge in [0.15, 0.2) is 0 Å². The molecule has 1 aromatic rings. The predicted molar refractivity (Wildman–Crippen MR) is 91.2 cm³/mol. The normalized spacial score (nSPS) is 23.4. The number of rotatable bonds is 8. The molecule has 0 radical (unpaired) electrons. The monoisotopic (exact) mass is 337 g/mol. The van der Waals surface area contributed by atoms with Crippen LogP contribution in [-0.2, 0) is 0 Å². The standard InChI is InChI=1S/C18H28BrN/c1-3-5-6-14(4-2)13-20-18-11-16(12-18)15-7-9-17(19)10-8-15/h7-10,14,16,18,20H,3-6,11-13H2,1-2H3. The average molecular weight is 338 g/mol. The fraction of sp³-hybridized carbons (Fsp3) is 0.667. The maximum absolute atomic E-state index is 3.78. The van der Waals surface area contributed by atoms with E-state index in [9.17, 15) is 0 Å². The Morgan fingerprint density at radius 2 is 1.90 bits per heavy atom. The Labute approximate surface area is 132 Å². The topological polar surface area (TPSA) is 12.0 Å². The van der Waals surface area contributed by atoms with E-state index in [-0.39, 0.29) is 0 Å². The summed E-state index contributed by atoms with van der Waals surface area (Å²) >= 11 is 3.50. The van der Waals surface area contributed by atoms with E-state index < -0.39 is 0 Å². The van der Waals surface area contributed by atoms with E-state index in [1.54, 1.807) is 0 Å². The minimum absolute atomic E-state index is 0.749. The lowest BCUT2D eigenvalue weighted by molar-refractivity contribution is 0.269. The van der Waals surface area contributed by atoms with Crippen LogP contribution in [0.4, 0.5) is 0 Å². The molecule has 0 saturated heterocycles. The van der Waals surface area contributed by atoms with E-state index >= 15 is 0 Å². The molecule has 1 aliphatic carbocycles. The van der Waals surface area contributed by atoms with Crippen molar-refractivity contribution in [3.05, 3.63) is 34.3 Å². The van der Waals surface area contributed by atoms with Crippen LogP contribution in [0.15, 0.2) is 28.7 Å². The van der Waals surface area contributed by atoms with Crippen LogP contribution in [0.5, 0.6) is 0 Å². The lowest BCUT2D eigenvalue weighted by Crippen LogP contribution is -2.42. The number of halogens is 1. The summed E-state index contributed by atoms with van der Waals surface area (Å²) in [7, 11) is 0. The molecule has 1 saturated carbocycles. The molecule has 2 heteroatoms. The van der Waals surface area contributed by atoms with Crippen LogP contribution < -0.4 is 5.32 Å². The van der Waals surface area contributed by atoms with E-state index in [0.717, 1.165) is 17.9 Å². The molecule has 1 atom stereocenters. The summed E-state index contributed by atoms with van der Waals surface area (Å²) in [5.74, 6) is 1.65. The first-order valence-corrected chi connectivity index (χ1v) is 9.01. The van der Waals surface area contributed by atoms with Crippen LogP contribution in [0.25, 0.3) is 0 Å². The van der Waals surface area contributed by atoms with Crippen LogP contribution in [0.2, 0.25) is 0 Å². The van der Waals surface area contributed by atoms with Gasteiger partial charge in [0.25, 0.3) is 0 Å². The number of nitrogens with one attached hydrogen (secondary N) is 1. The Bertz CT molecular complexity index is 381. The smallest absolute Gasteiger partial charge is 0.0175 e. The summed E-state index contributed by atoms with van der Waals surface area (Å²) in [4.78, 5) is 0. The second-order valence-electron chi connectivity index (χ2n) is 6.24. The third-order valence-electron chi connectivity index (χ3n) is 4.72. The van der Waals surface area contributed by atoms with Gasteiger partial charge >= 0.3 is 0 Å². The molecule has 112 valence electrons. The molecule has 0 heterocycles. The van der Waals surface area contributed by atoms with Crippen molar-refractivity contribution in [1.82, 2.24) is 5.32 Å². The minimum atomic E-state index is 0.749. The van der Waals surface area contributed by atoms with Crippen molar-refractivity contribution in [2.45, 2.75) is 64.3 Å². The Balaban J connectivity index is 1.67. The van der Waals surface area contributed by atoms with Gasteiger partial charge in [-0.2, -0.15) is 0 Å². The van der Waals surface area contributed by atoms with Gasteiger partial charge in [-0.25, -0.2) is 0 Å². The van der Waals surface area contributed by atoms with Crippen LogP contribution >= 0.6 is 15.9 Å². The number of unbranched alkanes of at least 4 members (excludes halogenated alkanes) is 1. The molecule has 1 fully saturated rings. The van der Waals surface area contributed by atoms with Gasteiger partial charge in [-0.05, 0) is 55.3 Å². The first kappa shape index (κ1) is 16.0. The first-order valence-electron chi connectivity index (χ1n) is 8.21. The second kappa shape index (κ2) is 8.19. The molecule has 2 rings (SSSR count). The van der Waals surface area contributed by atoms with Crippen LogP contribution in [0.1, 0.15) is 63.9 Å². The Kier molecular flexibility index (Phi) is 6.57. The van der Waals surface area contributed by atoms with Gasteiger partial charge in [0.1, 0.15) is 0 Å². The lowest BCUT2D eigenvalue weighted by Gasteiger charge is -2.37. The van der Waals surface area contributed by atoms with Crippen molar-refractivity contribution in [3.63, 3.8) is 0 Å². The summed E-state index contributed by atoms with van der Waals surface area (Å²) in [6.45, 7) is 5.83. The molecule has 0 aromatic heterocycles. The van der Waals surface area contributed by atoms with Gasteiger partial charge in [0.2, 0.25) is 0 Å². The number of benzene rings is 1. The molecule has 0 spiro atoms. The molecule has 1 nitrogen and oxygen atoms in total. The largest absolute Gasteiger partial charge is 0.314 e. The summed E-state index contributed by atoms with van der Waals surface area (Å²) in [5, 5.41) is 3.78. The number of hydrogen-bond donors (Lipinski definition) is 1. The first-order chi connectivity index (χ1) is 9.72. The van der Waals surface area contributed by atoms with Gasteiger partial charge in [-0.1, -0.05) is 61.2 Å². The molecular weight excluding hydrogens is 310 g/mol. The summed E-state index contributed by atoms with van der Waals surface area (Å²) in [6.07, 6.45) is 8.04. The van der Waals surface area contributed by atoms with Crippen LogP contribution in [-0.4, -0.2) is 12.6 Å². The van der Waals surface area contributed by atoms with Crippen molar-refractivity contribution < 1.29 is 0 Å². The predicted octanol–water partition coefficient (Wildman–Crippen LogP) is 5.50. The fourth-order valence-electron chi connectivity index (χ4n) is 3.07. The van der Waals surface area contributed by atoms with Crippen molar-refractivity contribution in [2.24, 2.45) is 5.92 Å². The SMILES string of the molecule is CCCCC(CC)CNC1CC(c2ccc(Br)cc2)C1. The highest BCUT2D eigenvalue weighted by atomic mass is 79.9. The molecule has 0 aliphatic heterocycles. The number of hydrogen-bond acceptors (Lipinski definition) is 1. The Hall–Kier alpha value is -0.340. The van der Waals surface area contributed by atoms with Gasteiger partial charge in [0, 0.05) is 10.5 Å². The van der Waals surface area contributed by atoms with E-state index in [2.05, 4.69) is 59.4 Å². The fourth-order valence-corrected chi connectivity index (χ4v) is 3.33. The van der Waals surface area contributed by atoms with Crippen molar-refractivity contribution >= 4 is 15.9 Å². The second-order valence-corrected chi connectivity index (χ2v) is 7.16. The quantitative estimate of drug-likeness (QED) is 0.660. The van der Waals surface area contributed by atoms with Crippen molar-refractivity contribution in [3.8, 4) is 0 Å². The highest BCUT2D eigenvalue weighted by Gasteiger charge is 2.29. The van der Waals surface area contributed by atoms with E-state index in [4.69, 9.17) is 0 Å². The van der Waals surface area contributed by atoms with E-state index in [0.29, 0.717) is 0 Å². The molecule has 1 unspecified atom stereocenters. The Morgan fingerprint density at radius 3 is 2.50 bits per heavy atom. The summed E-state index contributed by atoms with van der Waals surface area (Å²) in [5.41, 5.74) is 1.50. The zero-order chi connectivity index (χ0) is 14.4. The van der Waals surface area contributed by atoms with Crippen molar-refractivity contribution in [1.29, 1.82) is 0 Å². The molecule has 0 amide bonds. The maximum atomic E-state index is 3.78.